The number of rotatable bonds is 6. The van der Waals surface area contributed by atoms with Crippen molar-refractivity contribution in [2.45, 2.75) is 19.9 Å². The normalized spacial score (nSPS) is 12.2. The molecule has 0 bridgehead atoms. The van der Waals surface area contributed by atoms with Crippen LogP contribution in [0.2, 0.25) is 5.15 Å². The minimum atomic E-state index is 0.217. The molecule has 1 heterocycles. The fraction of sp³-hybridized carbons (Fsp3) is 0.375. The molecule has 5 heteroatoms. The van der Waals surface area contributed by atoms with Crippen molar-refractivity contribution < 1.29 is 4.74 Å². The van der Waals surface area contributed by atoms with Crippen LogP contribution in [0, 0.1) is 0 Å². The van der Waals surface area contributed by atoms with E-state index in [0.717, 1.165) is 17.9 Å². The molecule has 0 N–H and O–H groups in total. The van der Waals surface area contributed by atoms with Crippen molar-refractivity contribution in [3.8, 4) is 11.4 Å². The summed E-state index contributed by atoms with van der Waals surface area (Å²) in [5, 5.41) is 0.446. The van der Waals surface area contributed by atoms with Crippen LogP contribution in [0.25, 0.3) is 11.4 Å². The number of nitrogens with zero attached hydrogens (tertiary/aromatic N) is 3. The first-order chi connectivity index (χ1) is 10.2. The minimum absolute atomic E-state index is 0.217. The van der Waals surface area contributed by atoms with Crippen molar-refractivity contribution in [2.24, 2.45) is 0 Å². The number of aromatic nitrogens is 2. The third-order valence-corrected chi connectivity index (χ3v) is 3.48. The molecule has 1 aromatic heterocycles. The van der Waals surface area contributed by atoms with Crippen LogP contribution in [0.15, 0.2) is 36.4 Å². The molecule has 0 fully saturated rings. The number of hydrogen-bond acceptors (Lipinski definition) is 4. The topological polar surface area (TPSA) is 38.2 Å². The minimum Gasteiger partial charge on any atom is -0.383 e. The molecule has 0 radical (unpaired) electrons. The Labute approximate surface area is 130 Å². The second kappa shape index (κ2) is 7.38. The number of likely N-dealkylation sites (N-methyl/N-ethyl adjacent to an activating group) is 1. The number of hydrogen-bond donors (Lipinski definition) is 0. The maximum Gasteiger partial charge on any atom is 0.163 e. The quantitative estimate of drug-likeness (QED) is 0.763. The van der Waals surface area contributed by atoms with Gasteiger partial charge in [-0.2, -0.15) is 0 Å². The van der Waals surface area contributed by atoms with E-state index in [-0.39, 0.29) is 6.04 Å². The third kappa shape index (κ3) is 3.93. The zero-order valence-electron chi connectivity index (χ0n) is 12.6. The maximum absolute atomic E-state index is 6.17. The molecule has 0 aliphatic rings. The smallest absolute Gasteiger partial charge is 0.163 e. The zero-order valence-corrected chi connectivity index (χ0v) is 13.3. The number of methoxy groups -OCH3 is 1. The fourth-order valence-corrected chi connectivity index (χ4v) is 2.48. The van der Waals surface area contributed by atoms with Crippen LogP contribution in [0.4, 0.5) is 5.82 Å². The Morgan fingerprint density at radius 2 is 1.95 bits per heavy atom. The van der Waals surface area contributed by atoms with Gasteiger partial charge in [0.05, 0.1) is 12.6 Å². The van der Waals surface area contributed by atoms with Gasteiger partial charge in [-0.1, -0.05) is 41.9 Å². The van der Waals surface area contributed by atoms with Gasteiger partial charge in [-0.3, -0.25) is 0 Å². The van der Waals surface area contributed by atoms with Crippen LogP contribution in [0.5, 0.6) is 0 Å². The predicted molar refractivity (Wildman–Crippen MR) is 86.8 cm³/mol. The maximum atomic E-state index is 6.17. The molecule has 0 spiro atoms. The summed E-state index contributed by atoms with van der Waals surface area (Å²) in [5.41, 5.74) is 0.955. The summed E-state index contributed by atoms with van der Waals surface area (Å²) < 4.78 is 5.23. The molecule has 112 valence electrons. The molecule has 2 aromatic rings. The number of halogens is 1. The van der Waals surface area contributed by atoms with E-state index in [1.807, 2.05) is 30.3 Å². The molecule has 1 unspecified atom stereocenters. The largest absolute Gasteiger partial charge is 0.383 e. The van der Waals surface area contributed by atoms with Gasteiger partial charge in [-0.15, -0.1) is 0 Å². The van der Waals surface area contributed by atoms with Crippen LogP contribution in [0.3, 0.4) is 0 Å². The van der Waals surface area contributed by atoms with Crippen molar-refractivity contribution >= 4 is 17.4 Å². The SMILES string of the molecule is CCN(c1cc(Cl)nc(-c2ccccc2)n1)C(C)COC. The standard InChI is InChI=1S/C16H20ClN3O/c1-4-20(12(2)11-21-3)15-10-14(17)18-16(19-15)13-8-6-5-7-9-13/h5-10,12H,4,11H2,1-3H3. The van der Waals surface area contributed by atoms with Gasteiger partial charge in [0.15, 0.2) is 5.82 Å². The molecular weight excluding hydrogens is 286 g/mol. The van der Waals surface area contributed by atoms with Crippen LogP contribution in [-0.2, 0) is 4.74 Å². The highest BCUT2D eigenvalue weighted by molar-refractivity contribution is 6.29. The molecule has 0 aliphatic carbocycles. The Kier molecular flexibility index (Phi) is 5.53. The van der Waals surface area contributed by atoms with Gasteiger partial charge in [-0.25, -0.2) is 9.97 Å². The van der Waals surface area contributed by atoms with Gasteiger partial charge in [0.1, 0.15) is 11.0 Å². The Balaban J connectivity index is 2.38. The van der Waals surface area contributed by atoms with Crippen molar-refractivity contribution in [3.63, 3.8) is 0 Å². The molecule has 0 amide bonds. The molecular formula is C16H20ClN3O. The molecule has 0 saturated heterocycles. The van der Waals surface area contributed by atoms with E-state index < -0.39 is 0 Å². The lowest BCUT2D eigenvalue weighted by molar-refractivity contribution is 0.181. The van der Waals surface area contributed by atoms with Crippen LogP contribution < -0.4 is 4.90 Å². The molecule has 4 nitrogen and oxygen atoms in total. The monoisotopic (exact) mass is 305 g/mol. The molecule has 0 saturated carbocycles. The lowest BCUT2D eigenvalue weighted by atomic mass is 10.2. The summed E-state index contributed by atoms with van der Waals surface area (Å²) in [4.78, 5) is 11.1. The van der Waals surface area contributed by atoms with Gasteiger partial charge in [0.2, 0.25) is 0 Å². The molecule has 1 aromatic carbocycles. The van der Waals surface area contributed by atoms with Gasteiger partial charge in [0, 0.05) is 25.3 Å². The molecule has 0 aliphatic heterocycles. The van der Waals surface area contributed by atoms with Crippen molar-refractivity contribution in [1.29, 1.82) is 0 Å². The summed E-state index contributed by atoms with van der Waals surface area (Å²) in [7, 11) is 1.70. The molecule has 1 atom stereocenters. The average molecular weight is 306 g/mol. The highest BCUT2D eigenvalue weighted by Crippen LogP contribution is 2.23. The summed E-state index contributed by atoms with van der Waals surface area (Å²) in [5.74, 6) is 1.46. The first-order valence-corrected chi connectivity index (χ1v) is 7.39. The molecule has 21 heavy (non-hydrogen) atoms. The van der Waals surface area contributed by atoms with E-state index >= 15 is 0 Å². The Bertz CT molecular complexity index is 577. The van der Waals surface area contributed by atoms with E-state index in [9.17, 15) is 0 Å². The van der Waals surface area contributed by atoms with E-state index in [2.05, 4.69) is 28.7 Å². The van der Waals surface area contributed by atoms with Gasteiger partial charge < -0.3 is 9.64 Å². The van der Waals surface area contributed by atoms with E-state index in [1.54, 1.807) is 13.2 Å². The van der Waals surface area contributed by atoms with Gasteiger partial charge >= 0.3 is 0 Å². The Morgan fingerprint density at radius 1 is 1.24 bits per heavy atom. The lowest BCUT2D eigenvalue weighted by Crippen LogP contribution is -2.36. The van der Waals surface area contributed by atoms with Crippen molar-refractivity contribution in [2.75, 3.05) is 25.2 Å². The first-order valence-electron chi connectivity index (χ1n) is 7.01. The second-order valence-corrected chi connectivity index (χ2v) is 5.22. The second-order valence-electron chi connectivity index (χ2n) is 4.83. The van der Waals surface area contributed by atoms with Crippen LogP contribution in [-0.4, -0.2) is 36.3 Å². The summed E-state index contributed by atoms with van der Waals surface area (Å²) in [6.07, 6.45) is 0. The number of benzene rings is 1. The van der Waals surface area contributed by atoms with E-state index in [0.29, 0.717) is 17.6 Å². The van der Waals surface area contributed by atoms with Gasteiger partial charge in [-0.05, 0) is 13.8 Å². The Morgan fingerprint density at radius 3 is 2.57 bits per heavy atom. The van der Waals surface area contributed by atoms with Gasteiger partial charge in [0.25, 0.3) is 0 Å². The Hall–Kier alpha value is -1.65. The summed E-state index contributed by atoms with van der Waals surface area (Å²) >= 11 is 6.17. The predicted octanol–water partition coefficient (Wildman–Crippen LogP) is 3.66. The van der Waals surface area contributed by atoms with E-state index in [4.69, 9.17) is 16.3 Å². The van der Waals surface area contributed by atoms with Crippen LogP contribution >= 0.6 is 11.6 Å². The van der Waals surface area contributed by atoms with Crippen molar-refractivity contribution in [1.82, 2.24) is 9.97 Å². The highest BCUT2D eigenvalue weighted by atomic mass is 35.5. The first kappa shape index (κ1) is 15.7. The number of anilines is 1. The lowest BCUT2D eigenvalue weighted by Gasteiger charge is -2.28. The third-order valence-electron chi connectivity index (χ3n) is 3.29. The average Bonchev–Trinajstić information content (AvgIpc) is 2.48. The van der Waals surface area contributed by atoms with E-state index in [1.165, 1.54) is 0 Å². The molecule has 2 rings (SSSR count). The summed E-state index contributed by atoms with van der Waals surface area (Å²) in [6.45, 7) is 5.65. The fourth-order valence-electron chi connectivity index (χ4n) is 2.30. The highest BCUT2D eigenvalue weighted by Gasteiger charge is 2.16. The van der Waals surface area contributed by atoms with Crippen LogP contribution in [0.1, 0.15) is 13.8 Å². The zero-order chi connectivity index (χ0) is 15.2. The summed E-state index contributed by atoms with van der Waals surface area (Å²) in [6, 6.07) is 11.9. The number of ether oxygens (including phenoxy) is 1. The van der Waals surface area contributed by atoms with Crippen molar-refractivity contribution in [3.05, 3.63) is 41.6 Å².